The lowest BCUT2D eigenvalue weighted by molar-refractivity contribution is -0.143. The van der Waals surface area contributed by atoms with Crippen molar-refractivity contribution in [2.24, 2.45) is 33.8 Å². The van der Waals surface area contributed by atoms with Gasteiger partial charge in [0.05, 0.1) is 6.04 Å². The fraction of sp³-hybridized carbons (Fsp3) is 0.727. The first-order valence-electron chi connectivity index (χ1n) is 12.2. The third kappa shape index (κ3) is 14.6. The number of nitrogens with one attached hydrogen (secondary N) is 3. The van der Waals surface area contributed by atoms with E-state index in [1.807, 2.05) is 0 Å². The smallest absolute Gasteiger partial charge is 0.326 e. The minimum atomic E-state index is -1.46. The average molecular weight is 531 g/mol. The SMILES string of the molecule is CC(C)C(N)C(=O)NC(CCCN=C(N)N)C(=O)NC(CCCCN)C(=O)NC(CCC(=O)O)C(=O)O. The molecule has 212 valence electrons. The Bertz CT molecular complexity index is 802. The molecule has 0 aliphatic heterocycles. The summed E-state index contributed by atoms with van der Waals surface area (Å²) in [6.45, 7) is 4.04. The van der Waals surface area contributed by atoms with E-state index < -0.39 is 60.2 Å². The second-order valence-electron chi connectivity index (χ2n) is 8.96. The van der Waals surface area contributed by atoms with E-state index in [2.05, 4.69) is 20.9 Å². The van der Waals surface area contributed by atoms with Crippen LogP contribution in [0.5, 0.6) is 0 Å². The average Bonchev–Trinajstić information content (AvgIpc) is 2.81. The molecule has 0 radical (unpaired) electrons. The highest BCUT2D eigenvalue weighted by Crippen LogP contribution is 2.07. The van der Waals surface area contributed by atoms with Crippen molar-refractivity contribution < 1.29 is 34.2 Å². The Kier molecular flexibility index (Phi) is 16.2. The second kappa shape index (κ2) is 17.9. The number of amides is 3. The van der Waals surface area contributed by atoms with Gasteiger partial charge in [-0.3, -0.25) is 24.2 Å². The van der Waals surface area contributed by atoms with Crippen molar-refractivity contribution in [1.29, 1.82) is 0 Å². The van der Waals surface area contributed by atoms with Gasteiger partial charge in [0.1, 0.15) is 18.1 Å². The van der Waals surface area contributed by atoms with Gasteiger partial charge in [-0.1, -0.05) is 13.8 Å². The molecule has 0 rings (SSSR count). The third-order valence-corrected chi connectivity index (χ3v) is 5.44. The van der Waals surface area contributed by atoms with Gasteiger partial charge in [0.15, 0.2) is 5.96 Å². The topological polar surface area (TPSA) is 278 Å². The number of unbranched alkanes of at least 4 members (excludes halogenated alkanes) is 1. The fourth-order valence-corrected chi connectivity index (χ4v) is 3.17. The van der Waals surface area contributed by atoms with Gasteiger partial charge in [0, 0.05) is 13.0 Å². The molecule has 37 heavy (non-hydrogen) atoms. The fourth-order valence-electron chi connectivity index (χ4n) is 3.17. The lowest BCUT2D eigenvalue weighted by atomic mass is 10.0. The summed E-state index contributed by atoms with van der Waals surface area (Å²) in [6.07, 6.45) is 0.780. The molecule has 0 bridgehead atoms. The van der Waals surface area contributed by atoms with E-state index in [4.69, 9.17) is 28.0 Å². The first-order chi connectivity index (χ1) is 17.3. The highest BCUT2D eigenvalue weighted by Gasteiger charge is 2.30. The summed E-state index contributed by atoms with van der Waals surface area (Å²) in [6, 6.07) is -4.56. The van der Waals surface area contributed by atoms with Crippen LogP contribution in [0.4, 0.5) is 0 Å². The summed E-state index contributed by atoms with van der Waals surface area (Å²) >= 11 is 0. The maximum Gasteiger partial charge on any atom is 0.326 e. The summed E-state index contributed by atoms with van der Waals surface area (Å²) < 4.78 is 0. The molecule has 0 heterocycles. The first-order valence-corrected chi connectivity index (χ1v) is 12.2. The number of guanidine groups is 1. The van der Waals surface area contributed by atoms with Crippen LogP contribution in [-0.4, -0.2) is 83.1 Å². The van der Waals surface area contributed by atoms with Crippen LogP contribution in [0.1, 0.15) is 58.8 Å². The Morgan fingerprint density at radius 3 is 1.76 bits per heavy atom. The summed E-state index contributed by atoms with van der Waals surface area (Å²) in [4.78, 5) is 64.7. The standard InChI is InChI=1S/C22H42N8O7/c1-12(2)17(24)20(35)29-14(7-5-11-27-22(25)26)18(33)28-13(6-3-4-10-23)19(34)30-15(21(36)37)8-9-16(31)32/h12-15,17H,3-11,23-24H2,1-2H3,(H,28,33)(H,29,35)(H,30,34)(H,31,32)(H,36,37)(H4,25,26,27). The van der Waals surface area contributed by atoms with Crippen LogP contribution >= 0.6 is 0 Å². The summed E-state index contributed by atoms with van der Waals surface area (Å²) in [7, 11) is 0. The maximum absolute atomic E-state index is 13.1. The van der Waals surface area contributed by atoms with Gasteiger partial charge in [0.2, 0.25) is 17.7 Å². The molecular weight excluding hydrogens is 488 g/mol. The summed E-state index contributed by atoms with van der Waals surface area (Å²) in [5.74, 6) is -4.98. The number of carboxylic acid groups (broad SMARTS) is 2. The van der Waals surface area contributed by atoms with Crippen molar-refractivity contribution in [3.63, 3.8) is 0 Å². The van der Waals surface area contributed by atoms with Gasteiger partial charge in [-0.2, -0.15) is 0 Å². The van der Waals surface area contributed by atoms with E-state index in [1.165, 1.54) is 0 Å². The molecule has 0 saturated carbocycles. The molecule has 4 unspecified atom stereocenters. The number of carbonyl (C=O) groups excluding carboxylic acids is 3. The molecular formula is C22H42N8O7. The number of carbonyl (C=O) groups is 5. The van der Waals surface area contributed by atoms with Gasteiger partial charge in [0.25, 0.3) is 0 Å². The van der Waals surface area contributed by atoms with Crippen molar-refractivity contribution >= 4 is 35.6 Å². The van der Waals surface area contributed by atoms with Crippen LogP contribution in [-0.2, 0) is 24.0 Å². The maximum atomic E-state index is 13.1. The molecule has 0 aliphatic carbocycles. The minimum absolute atomic E-state index is 0.126. The molecule has 13 N–H and O–H groups in total. The van der Waals surface area contributed by atoms with Crippen LogP contribution in [0.15, 0.2) is 4.99 Å². The number of hydrogen-bond donors (Lipinski definition) is 9. The quantitative estimate of drug-likeness (QED) is 0.0480. The number of nitrogens with zero attached hydrogens (tertiary/aromatic N) is 1. The lowest BCUT2D eigenvalue weighted by Crippen LogP contribution is -2.57. The van der Waals surface area contributed by atoms with Gasteiger partial charge in [-0.05, 0) is 51.0 Å². The Hall–Kier alpha value is -3.46. The number of nitrogens with two attached hydrogens (primary N) is 4. The van der Waals surface area contributed by atoms with Gasteiger partial charge >= 0.3 is 11.9 Å². The minimum Gasteiger partial charge on any atom is -0.481 e. The second-order valence-corrected chi connectivity index (χ2v) is 8.96. The van der Waals surface area contributed by atoms with Gasteiger partial charge < -0.3 is 49.1 Å². The monoisotopic (exact) mass is 530 g/mol. The summed E-state index contributed by atoms with van der Waals surface area (Å²) in [5, 5.41) is 25.6. The van der Waals surface area contributed by atoms with Crippen molar-refractivity contribution in [3.8, 4) is 0 Å². The Morgan fingerprint density at radius 1 is 0.784 bits per heavy atom. The molecule has 0 saturated heterocycles. The third-order valence-electron chi connectivity index (χ3n) is 5.44. The zero-order valence-corrected chi connectivity index (χ0v) is 21.4. The molecule has 0 aromatic rings. The summed E-state index contributed by atoms with van der Waals surface area (Å²) in [5.41, 5.74) is 22.0. The van der Waals surface area contributed by atoms with Crippen molar-refractivity contribution in [2.75, 3.05) is 13.1 Å². The van der Waals surface area contributed by atoms with E-state index in [0.717, 1.165) is 0 Å². The van der Waals surface area contributed by atoms with E-state index in [-0.39, 0.29) is 37.7 Å². The predicted molar refractivity (Wildman–Crippen MR) is 136 cm³/mol. The van der Waals surface area contributed by atoms with E-state index in [1.54, 1.807) is 13.8 Å². The zero-order chi connectivity index (χ0) is 28.5. The van der Waals surface area contributed by atoms with Crippen LogP contribution in [0.2, 0.25) is 0 Å². The van der Waals surface area contributed by atoms with Crippen LogP contribution < -0.4 is 38.9 Å². The number of hydrogen-bond acceptors (Lipinski definition) is 8. The molecule has 0 spiro atoms. The first kappa shape index (κ1) is 33.5. The molecule has 0 aromatic heterocycles. The van der Waals surface area contributed by atoms with Crippen molar-refractivity contribution in [3.05, 3.63) is 0 Å². The van der Waals surface area contributed by atoms with E-state index in [0.29, 0.717) is 25.8 Å². The zero-order valence-electron chi connectivity index (χ0n) is 21.4. The number of aliphatic carboxylic acids is 2. The van der Waals surface area contributed by atoms with Crippen LogP contribution in [0.3, 0.4) is 0 Å². The molecule has 3 amide bonds. The highest BCUT2D eigenvalue weighted by atomic mass is 16.4. The van der Waals surface area contributed by atoms with Crippen LogP contribution in [0.25, 0.3) is 0 Å². The van der Waals surface area contributed by atoms with Gasteiger partial charge in [-0.15, -0.1) is 0 Å². The van der Waals surface area contributed by atoms with Crippen LogP contribution in [0, 0.1) is 5.92 Å². The number of rotatable bonds is 19. The van der Waals surface area contributed by atoms with Crippen molar-refractivity contribution in [1.82, 2.24) is 16.0 Å². The Labute approximate surface area is 216 Å². The molecule has 15 heteroatoms. The highest BCUT2D eigenvalue weighted by molar-refractivity contribution is 5.94. The van der Waals surface area contributed by atoms with Gasteiger partial charge in [-0.25, -0.2) is 4.79 Å². The number of carboxylic acids is 2. The predicted octanol–water partition coefficient (Wildman–Crippen LogP) is -2.44. The molecule has 0 aromatic carbocycles. The largest absolute Gasteiger partial charge is 0.481 e. The van der Waals surface area contributed by atoms with Crippen molar-refractivity contribution in [2.45, 2.75) is 83.0 Å². The van der Waals surface area contributed by atoms with E-state index in [9.17, 15) is 29.1 Å². The normalized spacial score (nSPS) is 14.1. The Morgan fingerprint density at radius 2 is 1.30 bits per heavy atom. The molecule has 0 aliphatic rings. The molecule has 15 nitrogen and oxygen atoms in total. The van der Waals surface area contributed by atoms with E-state index >= 15 is 0 Å². The molecule has 0 fully saturated rings. The number of aliphatic imine (C=N–C) groups is 1. The lowest BCUT2D eigenvalue weighted by Gasteiger charge is -2.25. The molecule has 4 atom stereocenters. The Balaban J connectivity index is 5.64.